The van der Waals surface area contributed by atoms with Crippen molar-refractivity contribution in [1.29, 1.82) is 0 Å². The van der Waals surface area contributed by atoms with Gasteiger partial charge in [0, 0.05) is 5.39 Å². The highest BCUT2D eigenvalue weighted by Gasteiger charge is 2.17. The molecule has 0 aliphatic heterocycles. The smallest absolute Gasteiger partial charge is 0.339 e. The molecule has 0 saturated carbocycles. The summed E-state index contributed by atoms with van der Waals surface area (Å²) in [7, 11) is -3.80. The highest BCUT2D eigenvalue weighted by molar-refractivity contribution is 7.87. The predicted molar refractivity (Wildman–Crippen MR) is 84.5 cm³/mol. The Morgan fingerprint density at radius 1 is 0.905 bits per heavy atom. The van der Waals surface area contributed by atoms with Crippen molar-refractivity contribution in [3.05, 3.63) is 66.9 Å². The van der Waals surface area contributed by atoms with Gasteiger partial charge in [-0.1, -0.05) is 42.5 Å². The normalized spacial score (nSPS) is 12.2. The van der Waals surface area contributed by atoms with Crippen LogP contribution in [0.4, 0.5) is 0 Å². The van der Waals surface area contributed by atoms with Crippen LogP contribution in [0.15, 0.2) is 71.8 Å². The molecule has 0 unspecified atom stereocenters. The highest BCUT2D eigenvalue weighted by atomic mass is 32.2. The van der Waals surface area contributed by atoms with Gasteiger partial charge < -0.3 is 4.18 Å². The second-order valence-corrected chi connectivity index (χ2v) is 6.24. The van der Waals surface area contributed by atoms with Gasteiger partial charge in [-0.3, -0.25) is 0 Å². The minimum absolute atomic E-state index is 0.184. The van der Waals surface area contributed by atoms with Gasteiger partial charge in [-0.2, -0.15) is 8.42 Å². The molecule has 0 atom stereocenters. The molecule has 0 bridgehead atoms. The number of hydrogen-bond acceptors (Lipinski definition) is 3. The molecule has 3 aromatic rings. The largest absolute Gasteiger partial charge is 0.387 e. The van der Waals surface area contributed by atoms with Crippen molar-refractivity contribution >= 4 is 31.7 Å². The number of fused-ring (bicyclic) bond motifs is 2. The van der Waals surface area contributed by atoms with Gasteiger partial charge in [0.25, 0.3) is 0 Å². The fourth-order valence-corrected chi connectivity index (χ4v) is 3.39. The summed E-state index contributed by atoms with van der Waals surface area (Å²) in [5.41, 5.74) is 0. The first kappa shape index (κ1) is 13.6. The molecule has 0 aliphatic rings. The van der Waals surface area contributed by atoms with Crippen LogP contribution >= 0.6 is 0 Å². The minimum Gasteiger partial charge on any atom is -0.387 e. The number of allylic oxidation sites excluding steroid dienone is 1. The minimum atomic E-state index is -3.80. The Bertz CT molecular complexity index is 941. The molecular weight excluding hydrogens is 284 g/mol. The maximum absolute atomic E-state index is 12.3. The average molecular weight is 298 g/mol. The molecule has 0 spiro atoms. The molecule has 0 aliphatic carbocycles. The summed E-state index contributed by atoms with van der Waals surface area (Å²) in [6.45, 7) is 1.70. The Hall–Kier alpha value is -2.33. The Morgan fingerprint density at radius 3 is 2.29 bits per heavy atom. The van der Waals surface area contributed by atoms with E-state index in [0.29, 0.717) is 5.39 Å². The summed E-state index contributed by atoms with van der Waals surface area (Å²) < 4.78 is 29.4. The van der Waals surface area contributed by atoms with Crippen LogP contribution in [0.25, 0.3) is 21.5 Å². The standard InChI is InChI=1S/C17H14O3S/c1-2-10-20-21(18,19)17-9-5-8-15-11-13-6-3-4-7-14(13)12-16(15)17/h2-12H,1H3. The van der Waals surface area contributed by atoms with E-state index in [1.165, 1.54) is 12.3 Å². The highest BCUT2D eigenvalue weighted by Crippen LogP contribution is 2.29. The lowest BCUT2D eigenvalue weighted by Gasteiger charge is -2.08. The summed E-state index contributed by atoms with van der Waals surface area (Å²) in [6, 6.07) is 16.9. The van der Waals surface area contributed by atoms with E-state index in [1.807, 2.05) is 42.5 Å². The third-order valence-corrected chi connectivity index (χ3v) is 4.55. The van der Waals surface area contributed by atoms with Gasteiger partial charge in [-0.15, -0.1) is 0 Å². The van der Waals surface area contributed by atoms with Crippen LogP contribution in [-0.4, -0.2) is 8.42 Å². The average Bonchev–Trinajstić information content (AvgIpc) is 2.50. The zero-order valence-electron chi connectivity index (χ0n) is 11.5. The van der Waals surface area contributed by atoms with Crippen LogP contribution in [0.5, 0.6) is 0 Å². The first-order chi connectivity index (χ1) is 10.1. The third-order valence-electron chi connectivity index (χ3n) is 3.29. The first-order valence-electron chi connectivity index (χ1n) is 6.58. The lowest BCUT2D eigenvalue weighted by Crippen LogP contribution is -2.03. The van der Waals surface area contributed by atoms with Crippen LogP contribution < -0.4 is 0 Å². The van der Waals surface area contributed by atoms with E-state index in [0.717, 1.165) is 16.2 Å². The molecule has 0 fully saturated rings. The summed E-state index contributed by atoms with van der Waals surface area (Å²) in [5.74, 6) is 0. The van der Waals surface area contributed by atoms with Crippen LogP contribution in [0.1, 0.15) is 6.92 Å². The SMILES string of the molecule is CC=COS(=O)(=O)c1cccc2cc3ccccc3cc12. The molecule has 0 heterocycles. The van der Waals surface area contributed by atoms with E-state index < -0.39 is 10.1 Å². The summed E-state index contributed by atoms with van der Waals surface area (Å²) >= 11 is 0. The van der Waals surface area contributed by atoms with Gasteiger partial charge in [-0.25, -0.2) is 0 Å². The number of benzene rings is 3. The van der Waals surface area contributed by atoms with E-state index >= 15 is 0 Å². The van der Waals surface area contributed by atoms with Gasteiger partial charge in [-0.05, 0) is 41.3 Å². The number of hydrogen-bond donors (Lipinski definition) is 0. The van der Waals surface area contributed by atoms with Gasteiger partial charge in [0.2, 0.25) is 0 Å². The van der Waals surface area contributed by atoms with Crippen molar-refractivity contribution in [2.75, 3.05) is 0 Å². The molecule has 106 valence electrons. The molecule has 3 nitrogen and oxygen atoms in total. The van der Waals surface area contributed by atoms with Crippen LogP contribution in [-0.2, 0) is 14.3 Å². The molecular formula is C17H14O3S. The van der Waals surface area contributed by atoms with Gasteiger partial charge >= 0.3 is 10.1 Å². The maximum Gasteiger partial charge on any atom is 0.339 e. The van der Waals surface area contributed by atoms with Crippen molar-refractivity contribution in [1.82, 2.24) is 0 Å². The van der Waals surface area contributed by atoms with Crippen molar-refractivity contribution in [3.63, 3.8) is 0 Å². The lowest BCUT2D eigenvalue weighted by molar-refractivity contribution is 0.443. The van der Waals surface area contributed by atoms with E-state index in [9.17, 15) is 8.42 Å². The quantitative estimate of drug-likeness (QED) is 0.413. The molecule has 0 radical (unpaired) electrons. The monoisotopic (exact) mass is 298 g/mol. The predicted octanol–water partition coefficient (Wildman–Crippen LogP) is 4.23. The zero-order chi connectivity index (χ0) is 14.9. The van der Waals surface area contributed by atoms with E-state index in [1.54, 1.807) is 19.1 Å². The second kappa shape index (κ2) is 5.22. The molecule has 0 amide bonds. The van der Waals surface area contributed by atoms with Crippen LogP contribution in [0.3, 0.4) is 0 Å². The van der Waals surface area contributed by atoms with E-state index in [-0.39, 0.29) is 4.90 Å². The molecule has 0 saturated heterocycles. The molecule has 0 aromatic heterocycles. The van der Waals surface area contributed by atoms with Gasteiger partial charge in [0.05, 0.1) is 0 Å². The van der Waals surface area contributed by atoms with Gasteiger partial charge in [0.15, 0.2) is 0 Å². The molecule has 21 heavy (non-hydrogen) atoms. The Balaban J connectivity index is 2.31. The number of rotatable bonds is 3. The maximum atomic E-state index is 12.3. The second-order valence-electron chi connectivity index (χ2n) is 4.70. The summed E-state index contributed by atoms with van der Waals surface area (Å²) in [4.78, 5) is 0.184. The van der Waals surface area contributed by atoms with Crippen molar-refractivity contribution in [2.24, 2.45) is 0 Å². The van der Waals surface area contributed by atoms with Crippen LogP contribution in [0, 0.1) is 0 Å². The van der Waals surface area contributed by atoms with Gasteiger partial charge in [0.1, 0.15) is 11.2 Å². The molecule has 3 rings (SSSR count). The van der Waals surface area contributed by atoms with Crippen molar-refractivity contribution in [3.8, 4) is 0 Å². The fourth-order valence-electron chi connectivity index (χ4n) is 2.34. The van der Waals surface area contributed by atoms with E-state index in [4.69, 9.17) is 4.18 Å². The Morgan fingerprint density at radius 2 is 1.57 bits per heavy atom. The first-order valence-corrected chi connectivity index (χ1v) is 7.98. The molecule has 3 aromatic carbocycles. The van der Waals surface area contributed by atoms with Crippen molar-refractivity contribution < 1.29 is 12.6 Å². The van der Waals surface area contributed by atoms with E-state index in [2.05, 4.69) is 0 Å². The summed E-state index contributed by atoms with van der Waals surface area (Å²) in [6.07, 6.45) is 2.72. The van der Waals surface area contributed by atoms with Crippen LogP contribution in [0.2, 0.25) is 0 Å². The summed E-state index contributed by atoms with van der Waals surface area (Å²) in [5, 5.41) is 3.62. The van der Waals surface area contributed by atoms with Crippen molar-refractivity contribution in [2.45, 2.75) is 11.8 Å². The Labute approximate surface area is 123 Å². The Kier molecular flexibility index (Phi) is 3.39. The molecule has 0 N–H and O–H groups in total. The third kappa shape index (κ3) is 2.50. The zero-order valence-corrected chi connectivity index (χ0v) is 12.3. The lowest BCUT2D eigenvalue weighted by atomic mass is 10.0. The molecule has 4 heteroatoms. The topological polar surface area (TPSA) is 43.4 Å². The fraction of sp³-hybridized carbons (Fsp3) is 0.0588.